The van der Waals surface area contributed by atoms with Crippen molar-refractivity contribution < 1.29 is 19.1 Å². The molecule has 4 aliphatic rings. The topological polar surface area (TPSA) is 55.8 Å². The largest absolute Gasteiger partial charge is 0.348 e. The SMILES string of the molecule is O=C1c2ccccc2C(=O)N1CC12CC1CCC1(C2)OCCO1. The summed E-state index contributed by atoms with van der Waals surface area (Å²) in [6, 6.07) is 7.09. The van der Waals surface area contributed by atoms with E-state index in [1.54, 1.807) is 12.1 Å². The number of benzene rings is 1. The molecule has 0 aromatic heterocycles. The van der Waals surface area contributed by atoms with Gasteiger partial charge in [0, 0.05) is 19.4 Å². The minimum Gasteiger partial charge on any atom is -0.348 e. The van der Waals surface area contributed by atoms with E-state index in [0.717, 1.165) is 25.7 Å². The Hall–Kier alpha value is -1.72. The van der Waals surface area contributed by atoms with Crippen LogP contribution in [0.2, 0.25) is 0 Å². The van der Waals surface area contributed by atoms with E-state index in [4.69, 9.17) is 9.47 Å². The van der Waals surface area contributed by atoms with Crippen molar-refractivity contribution in [1.29, 1.82) is 0 Å². The molecule has 1 aromatic rings. The molecule has 2 saturated carbocycles. The van der Waals surface area contributed by atoms with Crippen molar-refractivity contribution in [2.45, 2.75) is 31.5 Å². The summed E-state index contributed by atoms with van der Waals surface area (Å²) in [4.78, 5) is 26.6. The summed E-state index contributed by atoms with van der Waals surface area (Å²) in [5, 5.41) is 0. The van der Waals surface area contributed by atoms with Gasteiger partial charge >= 0.3 is 0 Å². The van der Waals surface area contributed by atoms with Gasteiger partial charge in [0.05, 0.1) is 24.3 Å². The smallest absolute Gasteiger partial charge is 0.261 e. The molecule has 1 aromatic carbocycles. The first-order valence-corrected chi connectivity index (χ1v) is 8.36. The monoisotopic (exact) mass is 313 g/mol. The van der Waals surface area contributed by atoms with Crippen molar-refractivity contribution in [3.63, 3.8) is 0 Å². The summed E-state index contributed by atoms with van der Waals surface area (Å²) in [6.45, 7) is 1.79. The highest BCUT2D eigenvalue weighted by atomic mass is 16.7. The van der Waals surface area contributed by atoms with Crippen molar-refractivity contribution in [3.05, 3.63) is 35.4 Å². The molecule has 0 radical (unpaired) electrons. The number of imide groups is 1. The van der Waals surface area contributed by atoms with Crippen molar-refractivity contribution in [2.75, 3.05) is 19.8 Å². The lowest BCUT2D eigenvalue weighted by Crippen LogP contribution is -2.43. The van der Waals surface area contributed by atoms with Gasteiger partial charge in [0.15, 0.2) is 5.79 Å². The van der Waals surface area contributed by atoms with Gasteiger partial charge in [-0.3, -0.25) is 14.5 Å². The first-order valence-electron chi connectivity index (χ1n) is 8.36. The van der Waals surface area contributed by atoms with Crippen molar-refractivity contribution in [1.82, 2.24) is 4.90 Å². The highest BCUT2D eigenvalue weighted by Gasteiger charge is 2.64. The number of hydrogen-bond acceptors (Lipinski definition) is 4. The molecular weight excluding hydrogens is 294 g/mol. The zero-order chi connectivity index (χ0) is 15.7. The molecule has 0 N–H and O–H groups in total. The first kappa shape index (κ1) is 13.7. The number of amides is 2. The minimum absolute atomic E-state index is 0.00402. The van der Waals surface area contributed by atoms with Crippen LogP contribution in [-0.2, 0) is 9.47 Å². The third-order valence-electron chi connectivity index (χ3n) is 6.02. The first-order chi connectivity index (χ1) is 11.1. The molecule has 1 saturated heterocycles. The van der Waals surface area contributed by atoms with Crippen LogP contribution in [0.25, 0.3) is 0 Å². The van der Waals surface area contributed by atoms with E-state index in [1.165, 1.54) is 4.90 Å². The van der Waals surface area contributed by atoms with Crippen LogP contribution in [0.5, 0.6) is 0 Å². The summed E-state index contributed by atoms with van der Waals surface area (Å²) in [6.07, 6.45) is 3.86. The fourth-order valence-corrected chi connectivity index (χ4v) is 4.77. The van der Waals surface area contributed by atoms with Gasteiger partial charge in [-0.25, -0.2) is 0 Å². The Morgan fingerprint density at radius 2 is 1.74 bits per heavy atom. The van der Waals surface area contributed by atoms with Gasteiger partial charge in [-0.2, -0.15) is 0 Å². The van der Waals surface area contributed by atoms with E-state index >= 15 is 0 Å². The summed E-state index contributed by atoms with van der Waals surface area (Å²) in [5.74, 6) is -0.187. The zero-order valence-corrected chi connectivity index (χ0v) is 12.9. The van der Waals surface area contributed by atoms with Gasteiger partial charge in [0.2, 0.25) is 0 Å². The number of ether oxygens (including phenoxy) is 2. The van der Waals surface area contributed by atoms with Crippen molar-refractivity contribution in [3.8, 4) is 0 Å². The molecule has 1 spiro atoms. The maximum absolute atomic E-state index is 12.6. The second kappa shape index (κ2) is 4.42. The molecule has 2 unspecified atom stereocenters. The van der Waals surface area contributed by atoms with E-state index in [9.17, 15) is 9.59 Å². The molecule has 5 rings (SSSR count). The molecule has 2 atom stereocenters. The highest BCUT2D eigenvalue weighted by molar-refractivity contribution is 6.21. The zero-order valence-electron chi connectivity index (χ0n) is 12.9. The average molecular weight is 313 g/mol. The van der Waals surface area contributed by atoms with E-state index < -0.39 is 5.79 Å². The van der Waals surface area contributed by atoms with Gasteiger partial charge in [-0.1, -0.05) is 12.1 Å². The Labute approximate surface area is 134 Å². The summed E-state index contributed by atoms with van der Waals surface area (Å²) in [5.41, 5.74) is 1.06. The summed E-state index contributed by atoms with van der Waals surface area (Å²) >= 11 is 0. The predicted octanol–water partition coefficient (Wildman–Crippen LogP) is 2.22. The molecule has 3 fully saturated rings. The number of carbonyl (C=O) groups excluding carboxylic acids is 2. The van der Waals surface area contributed by atoms with Gasteiger partial charge in [0.1, 0.15) is 0 Å². The Morgan fingerprint density at radius 1 is 1.09 bits per heavy atom. The molecule has 2 amide bonds. The molecule has 5 nitrogen and oxygen atoms in total. The molecule has 5 heteroatoms. The van der Waals surface area contributed by atoms with E-state index in [2.05, 4.69) is 0 Å². The molecule has 2 heterocycles. The lowest BCUT2D eigenvalue weighted by atomic mass is 9.83. The molecule has 2 aliphatic carbocycles. The fourth-order valence-electron chi connectivity index (χ4n) is 4.77. The van der Waals surface area contributed by atoms with Crippen LogP contribution in [0, 0.1) is 11.3 Å². The van der Waals surface area contributed by atoms with Crippen molar-refractivity contribution >= 4 is 11.8 Å². The van der Waals surface area contributed by atoms with Gasteiger partial charge < -0.3 is 9.47 Å². The molecular formula is C18H19NO4. The number of carbonyl (C=O) groups is 2. The van der Waals surface area contributed by atoms with Crippen LogP contribution in [0.3, 0.4) is 0 Å². The number of hydrogen-bond donors (Lipinski definition) is 0. The van der Waals surface area contributed by atoms with Gasteiger partial charge in [0.25, 0.3) is 11.8 Å². The standard InChI is InChI=1S/C18H19NO4/c20-15-13-3-1-2-4-14(13)16(21)19(15)11-17-9-12(17)5-6-18(10-17)22-7-8-23-18/h1-4,12H,5-11H2. The van der Waals surface area contributed by atoms with Crippen LogP contribution in [-0.4, -0.2) is 42.3 Å². The second-order valence-corrected chi connectivity index (χ2v) is 7.33. The highest BCUT2D eigenvalue weighted by Crippen LogP contribution is 2.65. The average Bonchev–Trinajstić information content (AvgIpc) is 3.00. The lowest BCUT2D eigenvalue weighted by Gasteiger charge is -2.37. The van der Waals surface area contributed by atoms with Gasteiger partial charge in [-0.05, 0) is 36.3 Å². The number of rotatable bonds is 2. The quantitative estimate of drug-likeness (QED) is 0.786. The summed E-state index contributed by atoms with van der Waals surface area (Å²) < 4.78 is 11.7. The molecule has 120 valence electrons. The maximum atomic E-state index is 12.6. The normalized spacial score (nSPS) is 33.9. The van der Waals surface area contributed by atoms with Crippen LogP contribution in [0.4, 0.5) is 0 Å². The van der Waals surface area contributed by atoms with E-state index in [1.807, 2.05) is 12.1 Å². The Balaban J connectivity index is 1.41. The van der Waals surface area contributed by atoms with Crippen LogP contribution >= 0.6 is 0 Å². The third kappa shape index (κ3) is 1.86. The summed E-state index contributed by atoms with van der Waals surface area (Å²) in [7, 11) is 0. The maximum Gasteiger partial charge on any atom is 0.261 e. The van der Waals surface area contributed by atoms with Crippen molar-refractivity contribution in [2.24, 2.45) is 11.3 Å². The Bertz CT molecular complexity index is 674. The second-order valence-electron chi connectivity index (χ2n) is 7.33. The number of nitrogens with zero attached hydrogens (tertiary/aromatic N) is 1. The minimum atomic E-state index is -0.467. The van der Waals surface area contributed by atoms with E-state index in [0.29, 0.717) is 36.8 Å². The van der Waals surface area contributed by atoms with Crippen LogP contribution in [0.1, 0.15) is 46.4 Å². The lowest BCUT2D eigenvalue weighted by molar-refractivity contribution is -0.189. The predicted molar refractivity (Wildman–Crippen MR) is 80.8 cm³/mol. The fraction of sp³-hybridized carbons (Fsp3) is 0.556. The van der Waals surface area contributed by atoms with Crippen LogP contribution in [0.15, 0.2) is 24.3 Å². The Kier molecular flexibility index (Phi) is 2.63. The van der Waals surface area contributed by atoms with Crippen LogP contribution < -0.4 is 0 Å². The van der Waals surface area contributed by atoms with Gasteiger partial charge in [-0.15, -0.1) is 0 Å². The third-order valence-corrected chi connectivity index (χ3v) is 6.02. The van der Waals surface area contributed by atoms with E-state index in [-0.39, 0.29) is 17.2 Å². The molecule has 0 bridgehead atoms. The molecule has 23 heavy (non-hydrogen) atoms. The number of fused-ring (bicyclic) bond motifs is 2. The molecule has 2 aliphatic heterocycles. The Morgan fingerprint density at radius 3 is 2.39 bits per heavy atom.